The maximum Gasteiger partial charge on any atom is 0.281 e. The van der Waals surface area contributed by atoms with Crippen LogP contribution in [0.5, 0.6) is 5.75 Å². The summed E-state index contributed by atoms with van der Waals surface area (Å²) in [6, 6.07) is 10.9. The number of aryl methyl sites for hydroxylation is 1. The van der Waals surface area contributed by atoms with E-state index in [2.05, 4.69) is 77.3 Å². The smallest absolute Gasteiger partial charge is 0.281 e. The third kappa shape index (κ3) is 7.52. The number of piperazine rings is 1. The minimum atomic E-state index is -2.99. The topological polar surface area (TPSA) is 87.2 Å². The summed E-state index contributed by atoms with van der Waals surface area (Å²) in [6.07, 6.45) is 10.5. The number of fused-ring (bicyclic) bond motifs is 4. The van der Waals surface area contributed by atoms with E-state index in [1.807, 2.05) is 26.2 Å². The number of hydrogen-bond acceptors (Lipinski definition) is 8. The van der Waals surface area contributed by atoms with Gasteiger partial charge in [0.1, 0.15) is 11.3 Å². The van der Waals surface area contributed by atoms with Crippen molar-refractivity contribution in [2.75, 3.05) is 57.9 Å². The second kappa shape index (κ2) is 15.1. The molecule has 2 aromatic rings. The number of carbonyl (C=O) groups is 1. The SMILES string of the molecule is C=S1(=O)NC(=O)c2ccc3c(n2)N(C[C@@H]2CC[C@H]2[C@@](CN2CCN(C(C)C)[C@H](C)C2)(OC)/C=C/C[C@H](C)[C@H]1C)C[C@@]1(CCCc2cc(Cl)ccc21)CO3. The number of hydrogen-bond donors (Lipinski definition) is 1. The average molecular weight is 766 g/mol. The summed E-state index contributed by atoms with van der Waals surface area (Å²) in [5.41, 5.74) is 2.04. The quantitative estimate of drug-likeness (QED) is 0.284. The van der Waals surface area contributed by atoms with Crippen molar-refractivity contribution in [3.05, 3.63) is 64.3 Å². The summed E-state index contributed by atoms with van der Waals surface area (Å²) >= 11 is 6.52. The lowest BCUT2D eigenvalue weighted by atomic mass is 9.63. The Morgan fingerprint density at radius 2 is 1.96 bits per heavy atom. The number of ether oxygens (including phenoxy) is 2. The van der Waals surface area contributed by atoms with Crippen molar-refractivity contribution < 1.29 is 18.5 Å². The summed E-state index contributed by atoms with van der Waals surface area (Å²) in [4.78, 5) is 26.4. The van der Waals surface area contributed by atoms with Crippen molar-refractivity contribution in [1.82, 2.24) is 19.5 Å². The number of pyridine rings is 1. The van der Waals surface area contributed by atoms with E-state index in [1.54, 1.807) is 6.07 Å². The number of carbonyl (C=O) groups excluding carboxylic acids is 1. The minimum absolute atomic E-state index is 0.0131. The Labute approximate surface area is 323 Å². The summed E-state index contributed by atoms with van der Waals surface area (Å²) in [6.45, 7) is 16.8. The van der Waals surface area contributed by atoms with E-state index in [9.17, 15) is 9.00 Å². The van der Waals surface area contributed by atoms with Crippen LogP contribution in [0.2, 0.25) is 5.02 Å². The Hall–Kier alpha value is -2.63. The van der Waals surface area contributed by atoms with Crippen molar-refractivity contribution in [3.8, 4) is 5.75 Å². The van der Waals surface area contributed by atoms with E-state index in [0.717, 1.165) is 69.9 Å². The number of nitrogens with one attached hydrogen (secondary N) is 1. The van der Waals surface area contributed by atoms with Crippen molar-refractivity contribution in [1.29, 1.82) is 0 Å². The van der Waals surface area contributed by atoms with Crippen LogP contribution in [0.4, 0.5) is 5.82 Å². The number of rotatable bonds is 4. The Balaban J connectivity index is 1.29. The highest BCUT2D eigenvalue weighted by molar-refractivity contribution is 7.99. The van der Waals surface area contributed by atoms with Gasteiger partial charge in [0.05, 0.1) is 16.3 Å². The molecule has 0 radical (unpaired) electrons. The molecule has 8 atom stereocenters. The van der Waals surface area contributed by atoms with Crippen LogP contribution in [0.25, 0.3) is 0 Å². The first kappa shape index (κ1) is 38.6. The molecule has 1 aromatic heterocycles. The molecule has 1 spiro atoms. The molecule has 5 aliphatic rings. The van der Waals surface area contributed by atoms with Crippen molar-refractivity contribution in [2.24, 2.45) is 17.8 Å². The number of nitrogens with zero attached hydrogens (tertiary/aromatic N) is 4. The maximum atomic E-state index is 14.0. The van der Waals surface area contributed by atoms with Gasteiger partial charge in [0.15, 0.2) is 11.6 Å². The van der Waals surface area contributed by atoms with Crippen molar-refractivity contribution in [3.63, 3.8) is 0 Å². The van der Waals surface area contributed by atoms with Crippen LogP contribution in [0, 0.1) is 17.8 Å². The first-order valence-corrected chi connectivity index (χ1v) is 22.0. The van der Waals surface area contributed by atoms with Gasteiger partial charge in [-0.15, -0.1) is 0 Å². The number of benzene rings is 1. The van der Waals surface area contributed by atoms with Gasteiger partial charge in [0.2, 0.25) is 0 Å². The molecule has 53 heavy (non-hydrogen) atoms. The monoisotopic (exact) mass is 765 g/mol. The molecule has 1 saturated heterocycles. The lowest BCUT2D eigenvalue weighted by molar-refractivity contribution is -0.0993. The summed E-state index contributed by atoms with van der Waals surface area (Å²) in [5.74, 6) is 5.56. The number of allylic oxidation sites excluding steroid dienone is 1. The van der Waals surface area contributed by atoms with Gasteiger partial charge in [-0.1, -0.05) is 36.7 Å². The Kier molecular flexibility index (Phi) is 11.0. The number of aromatic nitrogens is 1. The summed E-state index contributed by atoms with van der Waals surface area (Å²) in [7, 11) is -1.11. The Bertz CT molecular complexity index is 1820. The van der Waals surface area contributed by atoms with Gasteiger partial charge in [0, 0.05) is 74.1 Å². The summed E-state index contributed by atoms with van der Waals surface area (Å²) in [5, 5.41) is 0.399. The zero-order chi connectivity index (χ0) is 37.7. The highest BCUT2D eigenvalue weighted by atomic mass is 35.5. The first-order valence-electron chi connectivity index (χ1n) is 19.8. The van der Waals surface area contributed by atoms with Crippen LogP contribution >= 0.6 is 11.6 Å². The highest BCUT2D eigenvalue weighted by Crippen LogP contribution is 2.49. The fourth-order valence-corrected chi connectivity index (χ4v) is 11.7. The highest BCUT2D eigenvalue weighted by Gasteiger charge is 2.50. The second-order valence-corrected chi connectivity index (χ2v) is 20.0. The average Bonchev–Trinajstić information content (AvgIpc) is 3.25. The van der Waals surface area contributed by atoms with Gasteiger partial charge in [0.25, 0.3) is 5.91 Å². The Morgan fingerprint density at radius 3 is 2.68 bits per heavy atom. The molecule has 1 saturated carbocycles. The van der Waals surface area contributed by atoms with Gasteiger partial charge in [-0.2, -0.15) is 0 Å². The van der Waals surface area contributed by atoms with E-state index in [4.69, 9.17) is 26.1 Å². The lowest BCUT2D eigenvalue weighted by Crippen LogP contribution is -2.61. The molecule has 1 N–H and O–H groups in total. The maximum absolute atomic E-state index is 14.0. The standard InChI is InChI=1S/C42H60ClN5O4S/c1-28(2)48-21-20-46(23-30(48)4)26-42(51-6)19-8-10-29(3)31(5)53(7,50)45-40(49)37-16-17-38-39(44-37)47(24-33-12-14-36(33)42)25-41(27-52-38)18-9-11-32-22-34(43)13-15-35(32)41/h8,13,15-17,19,22,28-31,33,36H,7,9-12,14,18,20-21,23-27H2,1-6H3,(H,45,49,50)/b19-8+/t29-,30+,31+,33-,36+,41-,42+,53?/m0/s1. The third-order valence-corrected chi connectivity index (χ3v) is 15.9. The molecule has 2 aliphatic carbocycles. The summed E-state index contributed by atoms with van der Waals surface area (Å²) < 4.78 is 30.3. The Morgan fingerprint density at radius 1 is 1.15 bits per heavy atom. The number of amides is 1. The van der Waals surface area contributed by atoms with Crippen LogP contribution in [0.15, 0.2) is 42.5 Å². The van der Waals surface area contributed by atoms with Crippen LogP contribution in [-0.2, 0) is 26.3 Å². The lowest BCUT2D eigenvalue weighted by Gasteiger charge is -2.53. The van der Waals surface area contributed by atoms with Crippen LogP contribution < -0.4 is 14.4 Å². The number of halogens is 1. The van der Waals surface area contributed by atoms with Crippen LogP contribution in [-0.4, -0.2) is 107 Å². The molecule has 9 nitrogen and oxygen atoms in total. The first-order chi connectivity index (χ1) is 25.2. The number of methoxy groups -OCH3 is 1. The number of anilines is 1. The third-order valence-electron chi connectivity index (χ3n) is 13.5. The predicted octanol–water partition coefficient (Wildman–Crippen LogP) is 6.38. The van der Waals surface area contributed by atoms with Gasteiger partial charge in [-0.3, -0.25) is 19.3 Å². The molecule has 1 amide bonds. The molecule has 2 bridgehead atoms. The molecule has 4 heterocycles. The molecule has 11 heteroatoms. The van der Waals surface area contributed by atoms with Crippen molar-refractivity contribution >= 4 is 38.9 Å². The molecular formula is C42H60ClN5O4S. The van der Waals surface area contributed by atoms with E-state index in [-0.39, 0.29) is 28.2 Å². The molecule has 3 aliphatic heterocycles. The molecule has 1 aromatic carbocycles. The van der Waals surface area contributed by atoms with E-state index in [1.165, 1.54) is 11.1 Å². The molecule has 1 unspecified atom stereocenters. The molecular weight excluding hydrogens is 706 g/mol. The normalized spacial score (nSPS) is 36.1. The minimum Gasteiger partial charge on any atom is -0.489 e. The van der Waals surface area contributed by atoms with Crippen LogP contribution in [0.1, 0.15) is 88.3 Å². The van der Waals surface area contributed by atoms with E-state index < -0.39 is 21.2 Å². The molecule has 2 fully saturated rings. The molecule has 290 valence electrons. The zero-order valence-corrected chi connectivity index (χ0v) is 34.2. The van der Waals surface area contributed by atoms with Crippen LogP contribution in [0.3, 0.4) is 0 Å². The largest absolute Gasteiger partial charge is 0.489 e. The predicted molar refractivity (Wildman–Crippen MR) is 217 cm³/mol. The van der Waals surface area contributed by atoms with Gasteiger partial charge < -0.3 is 14.4 Å². The van der Waals surface area contributed by atoms with Crippen molar-refractivity contribution in [2.45, 2.75) is 101 Å². The fraction of sp³-hybridized carbons (Fsp3) is 0.643. The van der Waals surface area contributed by atoms with E-state index in [0.29, 0.717) is 49.1 Å². The van der Waals surface area contributed by atoms with E-state index >= 15 is 0 Å². The van der Waals surface area contributed by atoms with Gasteiger partial charge >= 0.3 is 0 Å². The fourth-order valence-electron chi connectivity index (χ4n) is 10.1. The van der Waals surface area contributed by atoms with Gasteiger partial charge in [-0.05, 0) is 125 Å². The zero-order valence-electron chi connectivity index (χ0n) is 32.6. The second-order valence-electron chi connectivity index (χ2n) is 17.1. The van der Waals surface area contributed by atoms with Gasteiger partial charge in [-0.25, -0.2) is 9.19 Å². The molecule has 7 rings (SSSR count).